The van der Waals surface area contributed by atoms with Crippen LogP contribution < -0.4 is 0 Å². The van der Waals surface area contributed by atoms with Crippen molar-refractivity contribution in [3.05, 3.63) is 101 Å². The van der Waals surface area contributed by atoms with Gasteiger partial charge in [0.1, 0.15) is 10.4 Å². The summed E-state index contributed by atoms with van der Waals surface area (Å²) in [5.74, 6) is -2.44. The quantitative estimate of drug-likeness (QED) is 0.315. The van der Waals surface area contributed by atoms with Crippen molar-refractivity contribution in [1.82, 2.24) is 4.90 Å². The molecule has 0 aliphatic carbocycles. The second-order valence-corrected chi connectivity index (χ2v) is 10.7. The molecule has 3 heterocycles. The second-order valence-electron chi connectivity index (χ2n) is 9.45. The average molecular weight is 470 g/mol. The van der Waals surface area contributed by atoms with Crippen molar-refractivity contribution in [2.45, 2.75) is 35.1 Å². The van der Waals surface area contributed by atoms with Gasteiger partial charge in [0.2, 0.25) is 0 Å². The van der Waals surface area contributed by atoms with E-state index in [4.69, 9.17) is 4.74 Å². The van der Waals surface area contributed by atoms with Gasteiger partial charge in [0, 0.05) is 16.4 Å². The monoisotopic (exact) mass is 469 g/mol. The van der Waals surface area contributed by atoms with Crippen molar-refractivity contribution in [3.8, 4) is 0 Å². The first-order valence-corrected chi connectivity index (χ1v) is 12.1. The zero-order valence-electron chi connectivity index (χ0n) is 19.1. The van der Waals surface area contributed by atoms with Gasteiger partial charge in [-0.3, -0.25) is 14.5 Å². The largest absolute Gasteiger partial charge is 0.391 e. The summed E-state index contributed by atoms with van der Waals surface area (Å²) in [5, 5.41) is 0. The summed E-state index contributed by atoms with van der Waals surface area (Å²) >= 11 is 1.60. The molecule has 3 aromatic rings. The van der Waals surface area contributed by atoms with Crippen molar-refractivity contribution in [2.75, 3.05) is 7.05 Å². The zero-order chi connectivity index (χ0) is 23.9. The van der Waals surface area contributed by atoms with Crippen molar-refractivity contribution >= 4 is 29.5 Å². The van der Waals surface area contributed by atoms with Crippen LogP contribution in [-0.2, 0) is 19.2 Å². The lowest BCUT2D eigenvalue weighted by atomic mass is 9.60. The Morgan fingerprint density at radius 1 is 0.912 bits per heavy atom. The summed E-state index contributed by atoms with van der Waals surface area (Å²) in [6.45, 7) is 3.64. The molecule has 5 nitrogen and oxygen atoms in total. The highest BCUT2D eigenvalue weighted by Gasteiger charge is 2.86. The Bertz CT molecular complexity index is 1370. The first-order chi connectivity index (χ1) is 16.3. The van der Waals surface area contributed by atoms with E-state index in [1.165, 1.54) is 0 Å². The number of likely N-dealkylation sites (tertiary alicyclic amines) is 1. The molecule has 3 aromatic carbocycles. The van der Waals surface area contributed by atoms with Gasteiger partial charge in [-0.05, 0) is 38.1 Å². The minimum absolute atomic E-state index is 0.377. The van der Waals surface area contributed by atoms with Gasteiger partial charge in [-0.15, -0.1) is 0 Å². The fraction of sp³-hybridized carbons (Fsp3) is 0.250. The summed E-state index contributed by atoms with van der Waals surface area (Å²) in [7, 11) is 1.84. The normalized spacial score (nSPS) is 31.7. The van der Waals surface area contributed by atoms with Gasteiger partial charge in [0.05, 0.1) is 0 Å². The molecule has 0 aromatic heterocycles. The van der Waals surface area contributed by atoms with E-state index in [9.17, 15) is 14.4 Å². The maximum atomic E-state index is 14.5. The molecule has 6 heteroatoms. The summed E-state index contributed by atoms with van der Waals surface area (Å²) < 4.78 is 5.33. The number of aryl methyl sites for hydroxylation is 1. The van der Waals surface area contributed by atoms with E-state index in [2.05, 4.69) is 0 Å². The molecule has 0 spiro atoms. The molecule has 0 saturated carbocycles. The van der Waals surface area contributed by atoms with E-state index >= 15 is 0 Å². The van der Waals surface area contributed by atoms with Crippen LogP contribution in [-0.4, -0.2) is 35.2 Å². The average Bonchev–Trinajstić information content (AvgIpc) is 3.36. The van der Waals surface area contributed by atoms with Crippen molar-refractivity contribution < 1.29 is 19.1 Å². The minimum atomic E-state index is -1.73. The van der Waals surface area contributed by atoms with E-state index in [-0.39, 0.29) is 5.78 Å². The molecule has 6 rings (SSSR count). The van der Waals surface area contributed by atoms with Crippen LogP contribution in [0.4, 0.5) is 0 Å². The third-order valence-electron chi connectivity index (χ3n) is 8.02. The Kier molecular flexibility index (Phi) is 4.33. The van der Waals surface area contributed by atoms with Crippen LogP contribution in [0.5, 0.6) is 0 Å². The van der Waals surface area contributed by atoms with Gasteiger partial charge in [-0.25, -0.2) is 4.79 Å². The van der Waals surface area contributed by atoms with E-state index in [1.807, 2.05) is 85.6 Å². The summed E-state index contributed by atoms with van der Waals surface area (Å²) in [6, 6.07) is 24.9. The molecule has 4 atom stereocenters. The predicted octanol–water partition coefficient (Wildman–Crippen LogP) is 4.69. The zero-order valence-corrected chi connectivity index (χ0v) is 19.9. The van der Waals surface area contributed by atoms with Crippen LogP contribution in [0.15, 0.2) is 83.8 Å². The number of ketones is 1. The molecule has 170 valence electrons. The number of cyclic esters (lactones) is 2. The molecule has 3 aliphatic rings. The van der Waals surface area contributed by atoms with Crippen LogP contribution in [0.3, 0.4) is 0 Å². The smallest absolute Gasteiger partial charge is 0.335 e. The van der Waals surface area contributed by atoms with Gasteiger partial charge >= 0.3 is 11.9 Å². The number of benzene rings is 3. The highest BCUT2D eigenvalue weighted by Crippen LogP contribution is 2.76. The number of hydrogen-bond donors (Lipinski definition) is 0. The van der Waals surface area contributed by atoms with Gasteiger partial charge < -0.3 is 4.74 Å². The summed E-state index contributed by atoms with van der Waals surface area (Å²) in [6.07, 6.45) is 0. The second kappa shape index (κ2) is 6.90. The molecule has 34 heavy (non-hydrogen) atoms. The minimum Gasteiger partial charge on any atom is -0.391 e. The molecule has 0 unspecified atom stereocenters. The Labute approximate surface area is 202 Å². The highest BCUT2D eigenvalue weighted by molar-refractivity contribution is 8.00. The third kappa shape index (κ3) is 2.23. The molecule has 0 N–H and O–H groups in total. The van der Waals surface area contributed by atoms with Crippen LogP contribution in [0, 0.1) is 12.3 Å². The molecule has 2 fully saturated rings. The van der Waals surface area contributed by atoms with Gasteiger partial charge in [0.15, 0.2) is 11.2 Å². The lowest BCUT2D eigenvalue weighted by molar-refractivity contribution is -0.157. The van der Waals surface area contributed by atoms with E-state index in [1.54, 1.807) is 30.8 Å². The van der Waals surface area contributed by atoms with Crippen LogP contribution in [0.25, 0.3) is 0 Å². The molecule has 0 bridgehead atoms. The fourth-order valence-corrected chi connectivity index (χ4v) is 8.05. The standard InChI is InChI=1S/C28H23NO4S/c1-17-13-15-18(16-14-17)23(30)27-22-20-11-7-8-12-21(20)34-28(22,19-9-5-4-6-10-19)29(3)26(27,2)24(31)33-25(27)32/h4-16,22H,1-3H3/t22-,26+,27+,28-/m0/s1. The number of likely N-dealkylation sites (N-methyl/N-ethyl adjacent to an activating group) is 1. The van der Waals surface area contributed by atoms with E-state index in [0.717, 1.165) is 21.6 Å². The van der Waals surface area contributed by atoms with Crippen LogP contribution >= 0.6 is 11.8 Å². The molecule has 0 radical (unpaired) electrons. The summed E-state index contributed by atoms with van der Waals surface area (Å²) in [4.78, 5) is 43.9. The maximum Gasteiger partial charge on any atom is 0.335 e. The fourth-order valence-electron chi connectivity index (χ4n) is 6.27. The number of carbonyl (C=O) groups excluding carboxylic acids is 3. The molecule has 3 aliphatic heterocycles. The van der Waals surface area contributed by atoms with Crippen LogP contribution in [0.1, 0.15) is 39.9 Å². The number of hydrogen-bond acceptors (Lipinski definition) is 6. The number of thioether (sulfide) groups is 1. The number of carbonyl (C=O) groups is 3. The van der Waals surface area contributed by atoms with Crippen LogP contribution in [0.2, 0.25) is 0 Å². The molecule has 0 amide bonds. The van der Waals surface area contributed by atoms with Gasteiger partial charge in [-0.1, -0.05) is 90.1 Å². The Morgan fingerprint density at radius 2 is 1.56 bits per heavy atom. The Hall–Kier alpha value is -3.22. The first-order valence-electron chi connectivity index (χ1n) is 11.2. The topological polar surface area (TPSA) is 63.7 Å². The van der Waals surface area contributed by atoms with Crippen molar-refractivity contribution in [2.24, 2.45) is 5.41 Å². The molecular formula is C28H23NO4S. The molecular weight excluding hydrogens is 446 g/mol. The number of rotatable bonds is 3. The van der Waals surface area contributed by atoms with E-state index < -0.39 is 33.7 Å². The number of ether oxygens (including phenoxy) is 1. The van der Waals surface area contributed by atoms with Gasteiger partial charge in [0.25, 0.3) is 0 Å². The van der Waals surface area contributed by atoms with Crippen molar-refractivity contribution in [3.63, 3.8) is 0 Å². The van der Waals surface area contributed by atoms with E-state index in [0.29, 0.717) is 5.56 Å². The predicted molar refractivity (Wildman–Crippen MR) is 128 cm³/mol. The highest BCUT2D eigenvalue weighted by atomic mass is 32.2. The SMILES string of the molecule is Cc1ccc(C(=O)[C@]23C(=O)OC(=O)[C@@]2(C)N(C)[C@@]2(c4ccccc4)Sc4ccccc4[C@@H]32)cc1. The Morgan fingerprint density at radius 3 is 2.26 bits per heavy atom. The number of nitrogens with zero attached hydrogens (tertiary/aromatic N) is 1. The maximum absolute atomic E-state index is 14.5. The van der Waals surface area contributed by atoms with Gasteiger partial charge in [-0.2, -0.15) is 0 Å². The Balaban J connectivity index is 1.72. The number of Topliss-reactive ketones (excluding diaryl/α,β-unsaturated/α-hetero) is 1. The molecule has 2 saturated heterocycles. The van der Waals surface area contributed by atoms with Crippen molar-refractivity contribution in [1.29, 1.82) is 0 Å². The lowest BCUT2D eigenvalue weighted by Crippen LogP contribution is -2.58. The first kappa shape index (κ1) is 21.3. The summed E-state index contributed by atoms with van der Waals surface area (Å²) in [5.41, 5.74) is 0.0207. The number of fused-ring (bicyclic) bond motifs is 5. The number of esters is 2. The lowest BCUT2D eigenvalue weighted by Gasteiger charge is -2.40. The third-order valence-corrected chi connectivity index (χ3v) is 9.67.